The van der Waals surface area contributed by atoms with Crippen molar-refractivity contribution in [3.8, 4) is 11.4 Å². The van der Waals surface area contributed by atoms with Gasteiger partial charge >= 0.3 is 5.97 Å². The summed E-state index contributed by atoms with van der Waals surface area (Å²) in [6.07, 6.45) is 2.44. The zero-order valence-electron chi connectivity index (χ0n) is 10.6. The van der Waals surface area contributed by atoms with Crippen molar-refractivity contribution in [1.82, 2.24) is 15.0 Å². The van der Waals surface area contributed by atoms with Crippen LogP contribution in [0.2, 0.25) is 0 Å². The number of ether oxygens (including phenoxy) is 1. The molecule has 0 saturated carbocycles. The van der Waals surface area contributed by atoms with Crippen molar-refractivity contribution in [3.63, 3.8) is 0 Å². The highest BCUT2D eigenvalue weighted by Gasteiger charge is 2.06. The smallest absolute Gasteiger partial charge is 0.309 e. The largest absolute Gasteiger partial charge is 0.494 e. The third kappa shape index (κ3) is 3.54. The van der Waals surface area contributed by atoms with Crippen molar-refractivity contribution in [2.75, 3.05) is 6.61 Å². The highest BCUT2D eigenvalue weighted by Crippen LogP contribution is 2.15. The van der Waals surface area contributed by atoms with E-state index in [1.54, 1.807) is 10.9 Å². The molecule has 0 aliphatic heterocycles. The first kappa shape index (κ1) is 13.1. The molecule has 0 atom stereocenters. The van der Waals surface area contributed by atoms with Crippen LogP contribution in [0.3, 0.4) is 0 Å². The van der Waals surface area contributed by atoms with Gasteiger partial charge in [0.15, 0.2) is 0 Å². The van der Waals surface area contributed by atoms with E-state index >= 15 is 0 Å². The molecule has 1 aromatic carbocycles. The second kappa shape index (κ2) is 5.99. The fourth-order valence-electron chi connectivity index (χ4n) is 1.58. The maximum absolute atomic E-state index is 10.6. The summed E-state index contributed by atoms with van der Waals surface area (Å²) in [5, 5.41) is 16.4. The molecule has 100 valence electrons. The summed E-state index contributed by atoms with van der Waals surface area (Å²) >= 11 is 0. The molecule has 19 heavy (non-hydrogen) atoms. The quantitative estimate of drug-likeness (QED) is 0.856. The topological polar surface area (TPSA) is 77.2 Å². The Bertz CT molecular complexity index is 549. The van der Waals surface area contributed by atoms with Gasteiger partial charge in [-0.3, -0.25) is 4.79 Å². The van der Waals surface area contributed by atoms with Crippen LogP contribution < -0.4 is 4.74 Å². The van der Waals surface area contributed by atoms with Crippen LogP contribution in [0.1, 0.15) is 19.0 Å². The third-order valence-electron chi connectivity index (χ3n) is 2.45. The molecule has 0 spiro atoms. The second-order valence-corrected chi connectivity index (χ2v) is 4.07. The summed E-state index contributed by atoms with van der Waals surface area (Å²) in [7, 11) is 0. The van der Waals surface area contributed by atoms with Gasteiger partial charge in [-0.1, -0.05) is 12.1 Å². The molecule has 1 N–H and O–H groups in total. The van der Waals surface area contributed by atoms with E-state index in [0.29, 0.717) is 12.3 Å². The van der Waals surface area contributed by atoms with Crippen LogP contribution in [0.25, 0.3) is 5.69 Å². The number of aromatic nitrogens is 3. The maximum atomic E-state index is 10.6. The molecule has 0 saturated heterocycles. The van der Waals surface area contributed by atoms with Crippen molar-refractivity contribution >= 4 is 5.97 Å². The van der Waals surface area contributed by atoms with Gasteiger partial charge in [-0.05, 0) is 30.7 Å². The molecular weight excluding hydrogens is 246 g/mol. The lowest BCUT2D eigenvalue weighted by Gasteiger charge is -2.05. The van der Waals surface area contributed by atoms with Crippen molar-refractivity contribution < 1.29 is 14.6 Å². The van der Waals surface area contributed by atoms with Crippen LogP contribution in [0, 0.1) is 0 Å². The van der Waals surface area contributed by atoms with Gasteiger partial charge in [0.2, 0.25) is 0 Å². The molecule has 0 aliphatic carbocycles. The number of carboxylic acids is 1. The van der Waals surface area contributed by atoms with Crippen molar-refractivity contribution in [2.24, 2.45) is 0 Å². The predicted molar refractivity (Wildman–Crippen MR) is 68.5 cm³/mol. The number of carboxylic acid groups (broad SMARTS) is 1. The van der Waals surface area contributed by atoms with Gasteiger partial charge in [0.1, 0.15) is 5.75 Å². The van der Waals surface area contributed by atoms with Crippen LogP contribution in [0.15, 0.2) is 30.5 Å². The van der Waals surface area contributed by atoms with Crippen LogP contribution in [0.5, 0.6) is 5.75 Å². The second-order valence-electron chi connectivity index (χ2n) is 4.07. The van der Waals surface area contributed by atoms with Gasteiger partial charge in [0.05, 0.1) is 30.6 Å². The Morgan fingerprint density at radius 3 is 2.74 bits per heavy atom. The van der Waals surface area contributed by atoms with Gasteiger partial charge in [0.25, 0.3) is 0 Å². The number of aliphatic carboxylic acids is 1. The summed E-state index contributed by atoms with van der Waals surface area (Å²) in [5.41, 5.74) is 1.24. The van der Waals surface area contributed by atoms with Crippen LogP contribution in [0.4, 0.5) is 0 Å². The Morgan fingerprint density at radius 2 is 2.11 bits per heavy atom. The first-order valence-corrected chi connectivity index (χ1v) is 6.05. The Morgan fingerprint density at radius 1 is 1.37 bits per heavy atom. The van der Waals surface area contributed by atoms with E-state index in [0.717, 1.165) is 17.9 Å². The minimum Gasteiger partial charge on any atom is -0.494 e. The van der Waals surface area contributed by atoms with Crippen LogP contribution >= 0.6 is 0 Å². The number of carbonyl (C=O) groups is 1. The number of hydrogen-bond acceptors (Lipinski definition) is 4. The van der Waals surface area contributed by atoms with E-state index in [2.05, 4.69) is 10.3 Å². The lowest BCUT2D eigenvalue weighted by Crippen LogP contribution is -2.00. The van der Waals surface area contributed by atoms with Crippen molar-refractivity contribution in [3.05, 3.63) is 36.2 Å². The minimum absolute atomic E-state index is 0.127. The molecule has 6 nitrogen and oxygen atoms in total. The number of benzene rings is 1. The highest BCUT2D eigenvalue weighted by atomic mass is 16.5. The standard InChI is InChI=1S/C13H15N3O3/c1-2-7-19-12-5-3-11(4-6-12)16-9-10(14-15-16)8-13(17)18/h3-6,9H,2,7-8H2,1H3,(H,17,18). The molecule has 0 aliphatic rings. The zero-order chi connectivity index (χ0) is 13.7. The lowest BCUT2D eigenvalue weighted by molar-refractivity contribution is -0.136. The number of nitrogens with zero attached hydrogens (tertiary/aromatic N) is 3. The van der Waals surface area contributed by atoms with Crippen LogP contribution in [-0.2, 0) is 11.2 Å². The fourth-order valence-corrected chi connectivity index (χ4v) is 1.58. The molecule has 2 rings (SSSR count). The van der Waals surface area contributed by atoms with E-state index in [-0.39, 0.29) is 6.42 Å². The first-order chi connectivity index (χ1) is 9.19. The zero-order valence-corrected chi connectivity index (χ0v) is 10.6. The molecular formula is C13H15N3O3. The summed E-state index contributed by atoms with van der Waals surface area (Å²) in [4.78, 5) is 10.6. The average Bonchev–Trinajstić information content (AvgIpc) is 2.84. The summed E-state index contributed by atoms with van der Waals surface area (Å²) in [5.74, 6) is -0.119. The molecule has 1 heterocycles. The molecule has 0 amide bonds. The predicted octanol–water partition coefficient (Wildman–Crippen LogP) is 1.68. The minimum atomic E-state index is -0.921. The molecule has 0 bridgehead atoms. The molecule has 0 unspecified atom stereocenters. The monoisotopic (exact) mass is 261 g/mol. The SMILES string of the molecule is CCCOc1ccc(-n2cc(CC(=O)O)nn2)cc1. The first-order valence-electron chi connectivity index (χ1n) is 6.05. The number of hydrogen-bond donors (Lipinski definition) is 1. The van der Waals surface area contributed by atoms with E-state index in [1.807, 2.05) is 31.2 Å². The average molecular weight is 261 g/mol. The summed E-state index contributed by atoms with van der Waals surface area (Å²) < 4.78 is 7.02. The molecule has 0 radical (unpaired) electrons. The Balaban J connectivity index is 2.09. The summed E-state index contributed by atoms with van der Waals surface area (Å²) in [6.45, 7) is 2.74. The van der Waals surface area contributed by atoms with E-state index in [1.165, 1.54) is 0 Å². The molecule has 2 aromatic rings. The number of rotatable bonds is 6. The van der Waals surface area contributed by atoms with E-state index < -0.39 is 5.97 Å². The Kier molecular flexibility index (Phi) is 4.12. The maximum Gasteiger partial charge on any atom is 0.309 e. The van der Waals surface area contributed by atoms with Crippen molar-refractivity contribution in [2.45, 2.75) is 19.8 Å². The van der Waals surface area contributed by atoms with E-state index in [9.17, 15) is 4.79 Å². The molecule has 6 heteroatoms. The highest BCUT2D eigenvalue weighted by molar-refractivity contribution is 5.69. The van der Waals surface area contributed by atoms with Gasteiger partial charge in [-0.2, -0.15) is 0 Å². The Labute approximate surface area is 110 Å². The third-order valence-corrected chi connectivity index (χ3v) is 2.45. The Hall–Kier alpha value is -2.37. The van der Waals surface area contributed by atoms with Gasteiger partial charge in [-0.25, -0.2) is 4.68 Å². The van der Waals surface area contributed by atoms with Crippen molar-refractivity contribution in [1.29, 1.82) is 0 Å². The van der Waals surface area contributed by atoms with E-state index in [4.69, 9.17) is 9.84 Å². The van der Waals surface area contributed by atoms with Gasteiger partial charge in [-0.15, -0.1) is 5.10 Å². The molecule has 1 aromatic heterocycles. The lowest BCUT2D eigenvalue weighted by atomic mass is 10.3. The normalized spacial score (nSPS) is 10.4. The van der Waals surface area contributed by atoms with Gasteiger partial charge < -0.3 is 9.84 Å². The van der Waals surface area contributed by atoms with Gasteiger partial charge in [0, 0.05) is 0 Å². The fraction of sp³-hybridized carbons (Fsp3) is 0.308. The summed E-state index contributed by atoms with van der Waals surface area (Å²) in [6, 6.07) is 7.40. The molecule has 0 fully saturated rings. The van der Waals surface area contributed by atoms with Crippen LogP contribution in [-0.4, -0.2) is 32.7 Å².